The lowest BCUT2D eigenvalue weighted by molar-refractivity contribution is -0.385. The highest BCUT2D eigenvalue weighted by Crippen LogP contribution is 2.34. The molecule has 2 N–H and O–H groups in total. The topological polar surface area (TPSA) is 101 Å². The number of nitrogens with zero attached hydrogens (tertiary/aromatic N) is 2. The van der Waals surface area contributed by atoms with Crippen LogP contribution in [-0.2, 0) is 0 Å². The zero-order valence-electron chi connectivity index (χ0n) is 10.1. The van der Waals surface area contributed by atoms with E-state index in [4.69, 9.17) is 15.2 Å². The number of benzene rings is 1. The highest BCUT2D eigenvalue weighted by Gasteiger charge is 2.17. The smallest absolute Gasteiger partial charge is 0.311 e. The number of aromatic nitrogens is 1. The molecule has 98 valence electrons. The lowest BCUT2D eigenvalue weighted by Gasteiger charge is -2.07. The molecule has 0 aliphatic carbocycles. The molecule has 0 amide bonds. The number of ether oxygens (including phenoxy) is 2. The molecule has 1 aromatic carbocycles. The predicted molar refractivity (Wildman–Crippen MR) is 68.4 cm³/mol. The molecule has 0 bridgehead atoms. The van der Waals surface area contributed by atoms with Crippen LogP contribution in [0.2, 0.25) is 0 Å². The van der Waals surface area contributed by atoms with Gasteiger partial charge < -0.3 is 15.2 Å². The minimum atomic E-state index is -0.541. The predicted octanol–water partition coefficient (Wildman–Crippen LogP) is 2.37. The number of rotatable bonds is 4. The molecule has 1 aromatic heterocycles. The van der Waals surface area contributed by atoms with Crippen molar-refractivity contribution in [1.82, 2.24) is 4.98 Å². The molecule has 0 aliphatic rings. The van der Waals surface area contributed by atoms with Crippen LogP contribution in [0.15, 0.2) is 36.5 Å². The molecule has 1 heterocycles. The molecule has 0 atom stereocenters. The number of nitro groups is 1. The molecule has 0 saturated carbocycles. The van der Waals surface area contributed by atoms with E-state index >= 15 is 0 Å². The van der Waals surface area contributed by atoms with Gasteiger partial charge in [-0.1, -0.05) is 0 Å². The van der Waals surface area contributed by atoms with Gasteiger partial charge in [-0.15, -0.1) is 0 Å². The Labute approximate surface area is 108 Å². The van der Waals surface area contributed by atoms with Gasteiger partial charge in [-0.05, 0) is 12.1 Å². The highest BCUT2D eigenvalue weighted by molar-refractivity contribution is 5.52. The van der Waals surface area contributed by atoms with Crippen LogP contribution in [0.5, 0.6) is 17.4 Å². The second kappa shape index (κ2) is 5.21. The van der Waals surface area contributed by atoms with Crippen LogP contribution in [0.1, 0.15) is 0 Å². The van der Waals surface area contributed by atoms with E-state index in [-0.39, 0.29) is 17.3 Å². The summed E-state index contributed by atoms with van der Waals surface area (Å²) in [5.41, 5.74) is 5.87. The zero-order chi connectivity index (χ0) is 13.8. The number of pyridine rings is 1. The molecule has 0 aliphatic heterocycles. The van der Waals surface area contributed by atoms with E-state index < -0.39 is 4.92 Å². The standard InChI is InChI=1S/C12H11N3O4/c1-18-9-2-3-10(15(16)17)11(7-9)19-12-6-8(13)4-5-14-12/h2-7H,1H3,(H2,13,14). The van der Waals surface area contributed by atoms with E-state index in [9.17, 15) is 10.1 Å². The molecule has 0 saturated heterocycles. The number of hydrogen-bond donors (Lipinski definition) is 1. The normalized spacial score (nSPS) is 9.95. The summed E-state index contributed by atoms with van der Waals surface area (Å²) in [6.45, 7) is 0. The number of hydrogen-bond acceptors (Lipinski definition) is 6. The van der Waals surface area contributed by atoms with Crippen molar-refractivity contribution in [3.63, 3.8) is 0 Å². The summed E-state index contributed by atoms with van der Waals surface area (Å²) < 4.78 is 10.4. The van der Waals surface area contributed by atoms with Crippen molar-refractivity contribution in [2.45, 2.75) is 0 Å². The SMILES string of the molecule is COc1ccc([N+](=O)[O-])c(Oc2cc(N)ccn2)c1. The van der Waals surface area contributed by atoms with E-state index in [1.54, 1.807) is 6.07 Å². The molecule has 0 spiro atoms. The van der Waals surface area contributed by atoms with Gasteiger partial charge in [0.15, 0.2) is 0 Å². The lowest BCUT2D eigenvalue weighted by atomic mass is 10.3. The maximum absolute atomic E-state index is 10.9. The van der Waals surface area contributed by atoms with Crippen LogP contribution in [0, 0.1) is 10.1 Å². The summed E-state index contributed by atoms with van der Waals surface area (Å²) in [4.78, 5) is 14.3. The number of methoxy groups -OCH3 is 1. The summed E-state index contributed by atoms with van der Waals surface area (Å²) in [6.07, 6.45) is 1.46. The van der Waals surface area contributed by atoms with E-state index in [0.29, 0.717) is 11.4 Å². The Balaban J connectivity index is 2.39. The molecule has 0 unspecified atom stereocenters. The zero-order valence-corrected chi connectivity index (χ0v) is 10.1. The lowest BCUT2D eigenvalue weighted by Crippen LogP contribution is -1.96. The van der Waals surface area contributed by atoms with Gasteiger partial charge in [-0.25, -0.2) is 4.98 Å². The van der Waals surface area contributed by atoms with Gasteiger partial charge in [-0.2, -0.15) is 0 Å². The summed E-state index contributed by atoms with van der Waals surface area (Å²) in [7, 11) is 1.46. The van der Waals surface area contributed by atoms with Crippen LogP contribution in [0.25, 0.3) is 0 Å². The molecule has 0 fully saturated rings. The second-order valence-electron chi connectivity index (χ2n) is 3.62. The fraction of sp³-hybridized carbons (Fsp3) is 0.0833. The van der Waals surface area contributed by atoms with Crippen molar-refractivity contribution in [2.75, 3.05) is 12.8 Å². The van der Waals surface area contributed by atoms with E-state index in [0.717, 1.165) is 0 Å². The molecule has 2 rings (SSSR count). The summed E-state index contributed by atoms with van der Waals surface area (Å²) in [5, 5.41) is 10.9. The Hall–Kier alpha value is -2.83. The first-order valence-electron chi connectivity index (χ1n) is 5.32. The third-order valence-corrected chi connectivity index (χ3v) is 2.34. The van der Waals surface area contributed by atoms with Crippen LogP contribution in [-0.4, -0.2) is 17.0 Å². The third-order valence-electron chi connectivity index (χ3n) is 2.34. The minimum absolute atomic E-state index is 0.0439. The number of anilines is 1. The Kier molecular flexibility index (Phi) is 3.46. The average Bonchev–Trinajstić information content (AvgIpc) is 2.38. The number of nitrogens with two attached hydrogens (primary N) is 1. The van der Waals surface area contributed by atoms with Crippen molar-refractivity contribution >= 4 is 11.4 Å². The first-order chi connectivity index (χ1) is 9.10. The molecular weight excluding hydrogens is 250 g/mol. The first kappa shape index (κ1) is 12.6. The Bertz CT molecular complexity index is 616. The second-order valence-corrected chi connectivity index (χ2v) is 3.62. The average molecular weight is 261 g/mol. The first-order valence-corrected chi connectivity index (χ1v) is 5.32. The maximum Gasteiger partial charge on any atom is 0.311 e. The Morgan fingerprint density at radius 3 is 2.74 bits per heavy atom. The summed E-state index contributed by atoms with van der Waals surface area (Å²) in [6, 6.07) is 7.28. The number of nitrogen functional groups attached to an aromatic ring is 1. The Morgan fingerprint density at radius 1 is 1.32 bits per heavy atom. The quantitative estimate of drug-likeness (QED) is 0.669. The molecule has 7 nitrogen and oxygen atoms in total. The third kappa shape index (κ3) is 2.89. The largest absolute Gasteiger partial charge is 0.497 e. The van der Waals surface area contributed by atoms with Crippen molar-refractivity contribution in [3.8, 4) is 17.4 Å². The van der Waals surface area contributed by atoms with Gasteiger partial charge in [0.05, 0.1) is 12.0 Å². The van der Waals surface area contributed by atoms with Gasteiger partial charge in [0.25, 0.3) is 0 Å². The summed E-state index contributed by atoms with van der Waals surface area (Å²) in [5.74, 6) is 0.670. The fourth-order valence-corrected chi connectivity index (χ4v) is 1.45. The Morgan fingerprint density at radius 2 is 2.11 bits per heavy atom. The molecule has 7 heteroatoms. The maximum atomic E-state index is 10.9. The molecule has 0 radical (unpaired) electrons. The van der Waals surface area contributed by atoms with Crippen LogP contribution < -0.4 is 15.2 Å². The van der Waals surface area contributed by atoms with E-state index in [1.165, 1.54) is 37.6 Å². The van der Waals surface area contributed by atoms with Gasteiger partial charge in [0, 0.05) is 30.1 Å². The molecule has 2 aromatic rings. The van der Waals surface area contributed by atoms with Gasteiger partial charge >= 0.3 is 5.69 Å². The van der Waals surface area contributed by atoms with E-state index in [2.05, 4.69) is 4.98 Å². The number of nitro benzene ring substituents is 1. The van der Waals surface area contributed by atoms with E-state index in [1.807, 2.05) is 0 Å². The van der Waals surface area contributed by atoms with Crippen molar-refractivity contribution in [3.05, 3.63) is 46.6 Å². The van der Waals surface area contributed by atoms with Crippen molar-refractivity contribution in [1.29, 1.82) is 0 Å². The van der Waals surface area contributed by atoms with Gasteiger partial charge in [0.1, 0.15) is 5.75 Å². The van der Waals surface area contributed by atoms with Crippen LogP contribution in [0.4, 0.5) is 11.4 Å². The minimum Gasteiger partial charge on any atom is -0.497 e. The monoisotopic (exact) mass is 261 g/mol. The van der Waals surface area contributed by atoms with Crippen molar-refractivity contribution in [2.24, 2.45) is 0 Å². The fourth-order valence-electron chi connectivity index (χ4n) is 1.45. The molecule has 19 heavy (non-hydrogen) atoms. The van der Waals surface area contributed by atoms with Crippen LogP contribution >= 0.6 is 0 Å². The van der Waals surface area contributed by atoms with Gasteiger partial charge in [-0.3, -0.25) is 10.1 Å². The highest BCUT2D eigenvalue weighted by atomic mass is 16.6. The summed E-state index contributed by atoms with van der Waals surface area (Å²) >= 11 is 0. The molecular formula is C12H11N3O4. The van der Waals surface area contributed by atoms with Gasteiger partial charge in [0.2, 0.25) is 11.6 Å². The van der Waals surface area contributed by atoms with Crippen molar-refractivity contribution < 1.29 is 14.4 Å². The van der Waals surface area contributed by atoms with Crippen LogP contribution in [0.3, 0.4) is 0 Å².